The lowest BCUT2D eigenvalue weighted by molar-refractivity contribution is 0.441. The molecule has 0 aliphatic carbocycles. The number of aryl methyl sites for hydroxylation is 2. The molecule has 1 heteroatoms. The van der Waals surface area contributed by atoms with Crippen LogP contribution in [-0.4, -0.2) is 12.6 Å². The molecule has 17 heavy (non-hydrogen) atoms. The second-order valence-electron chi connectivity index (χ2n) is 5.83. The van der Waals surface area contributed by atoms with E-state index in [1.54, 1.807) is 0 Å². The van der Waals surface area contributed by atoms with Gasteiger partial charge in [-0.25, -0.2) is 0 Å². The van der Waals surface area contributed by atoms with Crippen LogP contribution in [0.5, 0.6) is 0 Å². The third-order valence-electron chi connectivity index (χ3n) is 3.22. The van der Waals surface area contributed by atoms with E-state index in [2.05, 4.69) is 65.1 Å². The minimum atomic E-state index is 0.558. The zero-order valence-electron chi connectivity index (χ0n) is 12.2. The summed E-state index contributed by atoms with van der Waals surface area (Å²) in [4.78, 5) is 0. The van der Waals surface area contributed by atoms with Gasteiger partial charge in [-0.15, -0.1) is 0 Å². The summed E-state index contributed by atoms with van der Waals surface area (Å²) < 4.78 is 0. The highest BCUT2D eigenvalue weighted by Gasteiger charge is 2.16. The average molecular weight is 233 g/mol. The summed E-state index contributed by atoms with van der Waals surface area (Å²) in [5.74, 6) is 1.28. The molecule has 1 nitrogen and oxygen atoms in total. The lowest BCUT2D eigenvalue weighted by Crippen LogP contribution is -2.30. The largest absolute Gasteiger partial charge is 0.314 e. The van der Waals surface area contributed by atoms with Crippen LogP contribution in [0.25, 0.3) is 0 Å². The Morgan fingerprint density at radius 3 is 1.88 bits per heavy atom. The van der Waals surface area contributed by atoms with Crippen molar-refractivity contribution in [2.24, 2.45) is 5.92 Å². The molecule has 0 amide bonds. The number of benzene rings is 1. The van der Waals surface area contributed by atoms with Crippen LogP contribution in [0.4, 0.5) is 0 Å². The maximum absolute atomic E-state index is 3.56. The van der Waals surface area contributed by atoms with Gasteiger partial charge in [-0.05, 0) is 31.2 Å². The fourth-order valence-corrected chi connectivity index (χ4v) is 2.33. The van der Waals surface area contributed by atoms with Gasteiger partial charge in [-0.1, -0.05) is 57.0 Å². The Labute approximate surface area is 107 Å². The first-order chi connectivity index (χ1) is 7.90. The molecule has 0 aromatic heterocycles. The van der Waals surface area contributed by atoms with Crippen molar-refractivity contribution in [3.8, 4) is 0 Å². The highest BCUT2D eigenvalue weighted by Crippen LogP contribution is 2.25. The van der Waals surface area contributed by atoms with Crippen LogP contribution in [0.2, 0.25) is 0 Å². The molecule has 0 heterocycles. The van der Waals surface area contributed by atoms with Crippen molar-refractivity contribution in [3.05, 3.63) is 34.9 Å². The van der Waals surface area contributed by atoms with Crippen molar-refractivity contribution in [2.45, 2.75) is 53.5 Å². The molecule has 96 valence electrons. The second kappa shape index (κ2) is 6.20. The van der Waals surface area contributed by atoms with E-state index in [0.29, 0.717) is 17.9 Å². The van der Waals surface area contributed by atoms with Crippen molar-refractivity contribution in [3.63, 3.8) is 0 Å². The second-order valence-corrected chi connectivity index (χ2v) is 5.83. The summed E-state index contributed by atoms with van der Waals surface area (Å²) in [6, 6.07) is 7.47. The normalized spacial score (nSPS) is 13.4. The van der Waals surface area contributed by atoms with Gasteiger partial charge >= 0.3 is 0 Å². The van der Waals surface area contributed by atoms with Gasteiger partial charge in [0, 0.05) is 12.6 Å². The molecule has 0 spiro atoms. The van der Waals surface area contributed by atoms with Crippen molar-refractivity contribution < 1.29 is 0 Å². The van der Waals surface area contributed by atoms with Crippen LogP contribution in [0, 0.1) is 19.8 Å². The summed E-state index contributed by atoms with van der Waals surface area (Å²) in [6.45, 7) is 14.5. The van der Waals surface area contributed by atoms with Gasteiger partial charge in [-0.2, -0.15) is 0 Å². The minimum absolute atomic E-state index is 0.558. The molecular formula is C16H27N. The fraction of sp³-hybridized carbons (Fsp3) is 0.625. The molecule has 0 bridgehead atoms. The summed E-state index contributed by atoms with van der Waals surface area (Å²) >= 11 is 0. The Hall–Kier alpha value is -0.820. The quantitative estimate of drug-likeness (QED) is 0.809. The van der Waals surface area contributed by atoms with Crippen LogP contribution in [0.1, 0.15) is 50.3 Å². The maximum atomic E-state index is 3.56. The number of hydrogen-bond donors (Lipinski definition) is 1. The van der Waals surface area contributed by atoms with Crippen molar-refractivity contribution in [1.82, 2.24) is 5.32 Å². The smallest absolute Gasteiger partial charge is 0.00249 e. The molecule has 1 atom stereocenters. The molecule has 0 radical (unpaired) electrons. The average Bonchev–Trinajstić information content (AvgIpc) is 2.14. The Balaban J connectivity index is 2.89. The van der Waals surface area contributed by atoms with E-state index in [-0.39, 0.29) is 0 Å². The fourth-order valence-electron chi connectivity index (χ4n) is 2.33. The maximum Gasteiger partial charge on any atom is 0.00249 e. The lowest BCUT2D eigenvalue weighted by atomic mass is 9.86. The molecule has 0 fully saturated rings. The van der Waals surface area contributed by atoms with Crippen molar-refractivity contribution in [2.75, 3.05) is 6.54 Å². The SMILES string of the molecule is Cc1cc(C)cc(C(CNC(C)C)C(C)C)c1. The third-order valence-corrected chi connectivity index (χ3v) is 3.22. The highest BCUT2D eigenvalue weighted by atomic mass is 14.9. The molecule has 0 saturated heterocycles. The van der Waals surface area contributed by atoms with E-state index < -0.39 is 0 Å². The zero-order chi connectivity index (χ0) is 13.0. The van der Waals surface area contributed by atoms with Crippen molar-refractivity contribution >= 4 is 0 Å². The predicted molar refractivity (Wildman–Crippen MR) is 76.6 cm³/mol. The van der Waals surface area contributed by atoms with Crippen LogP contribution in [-0.2, 0) is 0 Å². The van der Waals surface area contributed by atoms with Crippen LogP contribution in [0.15, 0.2) is 18.2 Å². The van der Waals surface area contributed by atoms with E-state index in [1.807, 2.05) is 0 Å². The Kier molecular flexibility index (Phi) is 5.20. The molecule has 1 unspecified atom stereocenters. The molecule has 1 aromatic rings. The van der Waals surface area contributed by atoms with Gasteiger partial charge in [0.05, 0.1) is 0 Å². The van der Waals surface area contributed by atoms with Gasteiger partial charge in [-0.3, -0.25) is 0 Å². The van der Waals surface area contributed by atoms with Gasteiger partial charge < -0.3 is 5.32 Å². The Morgan fingerprint density at radius 1 is 0.941 bits per heavy atom. The summed E-state index contributed by atoms with van der Waals surface area (Å²) in [7, 11) is 0. The summed E-state index contributed by atoms with van der Waals surface area (Å²) in [5.41, 5.74) is 4.22. The van der Waals surface area contributed by atoms with Gasteiger partial charge in [0.1, 0.15) is 0 Å². The van der Waals surface area contributed by atoms with Crippen molar-refractivity contribution in [1.29, 1.82) is 0 Å². The first-order valence-corrected chi connectivity index (χ1v) is 6.71. The van der Waals surface area contributed by atoms with Crippen LogP contribution >= 0.6 is 0 Å². The standard InChI is InChI=1S/C16H27N/c1-11(2)16(10-17-12(3)4)15-8-13(5)7-14(6)9-15/h7-9,11-12,16-17H,10H2,1-6H3. The summed E-state index contributed by atoms with van der Waals surface area (Å²) in [5, 5.41) is 3.56. The molecule has 0 saturated carbocycles. The van der Waals surface area contributed by atoms with E-state index in [9.17, 15) is 0 Å². The van der Waals surface area contributed by atoms with Gasteiger partial charge in [0.25, 0.3) is 0 Å². The molecular weight excluding hydrogens is 206 g/mol. The molecule has 1 rings (SSSR count). The Bertz CT molecular complexity index is 332. The van der Waals surface area contributed by atoms with Gasteiger partial charge in [0.15, 0.2) is 0 Å². The molecule has 0 aliphatic rings. The zero-order valence-corrected chi connectivity index (χ0v) is 12.2. The van der Waals surface area contributed by atoms with Crippen LogP contribution < -0.4 is 5.32 Å². The van der Waals surface area contributed by atoms with E-state index >= 15 is 0 Å². The number of hydrogen-bond acceptors (Lipinski definition) is 1. The highest BCUT2D eigenvalue weighted by molar-refractivity contribution is 5.31. The summed E-state index contributed by atoms with van der Waals surface area (Å²) in [6.07, 6.45) is 0. The molecule has 1 aromatic carbocycles. The number of nitrogens with one attached hydrogen (secondary N) is 1. The van der Waals surface area contributed by atoms with E-state index in [1.165, 1.54) is 16.7 Å². The Morgan fingerprint density at radius 2 is 1.47 bits per heavy atom. The first-order valence-electron chi connectivity index (χ1n) is 6.71. The number of rotatable bonds is 5. The molecule has 1 N–H and O–H groups in total. The predicted octanol–water partition coefficient (Wildman–Crippen LogP) is 4.04. The van der Waals surface area contributed by atoms with Gasteiger partial charge in [0.2, 0.25) is 0 Å². The van der Waals surface area contributed by atoms with E-state index in [4.69, 9.17) is 0 Å². The monoisotopic (exact) mass is 233 g/mol. The molecule has 0 aliphatic heterocycles. The van der Waals surface area contributed by atoms with E-state index in [0.717, 1.165) is 6.54 Å². The van der Waals surface area contributed by atoms with Crippen LogP contribution in [0.3, 0.4) is 0 Å². The minimum Gasteiger partial charge on any atom is -0.314 e. The first kappa shape index (κ1) is 14.2. The topological polar surface area (TPSA) is 12.0 Å². The third kappa shape index (κ3) is 4.51. The lowest BCUT2D eigenvalue weighted by Gasteiger charge is -2.24.